The van der Waals surface area contributed by atoms with E-state index in [1.165, 1.54) is 12.1 Å². The van der Waals surface area contributed by atoms with E-state index >= 15 is 0 Å². The van der Waals surface area contributed by atoms with Crippen molar-refractivity contribution in [3.63, 3.8) is 0 Å². The molecule has 0 saturated carbocycles. The van der Waals surface area contributed by atoms with E-state index in [4.69, 9.17) is 5.11 Å². The lowest BCUT2D eigenvalue weighted by Gasteiger charge is -2.12. The third kappa shape index (κ3) is 3.90. The fourth-order valence-corrected chi connectivity index (χ4v) is 1.61. The van der Waals surface area contributed by atoms with Crippen molar-refractivity contribution in [3.8, 4) is 0 Å². The average molecular weight is 235 g/mol. The van der Waals surface area contributed by atoms with E-state index in [9.17, 15) is 9.59 Å². The summed E-state index contributed by atoms with van der Waals surface area (Å²) in [6, 6.07) is 6.13. The van der Waals surface area contributed by atoms with Gasteiger partial charge in [0.1, 0.15) is 0 Å². The Kier molecular flexibility index (Phi) is 4.69. The van der Waals surface area contributed by atoms with Crippen LogP contribution >= 0.6 is 0 Å². The van der Waals surface area contributed by atoms with Gasteiger partial charge in [0.2, 0.25) is 0 Å². The second-order valence-corrected chi connectivity index (χ2v) is 4.05. The van der Waals surface area contributed by atoms with Crippen molar-refractivity contribution in [2.24, 2.45) is 0 Å². The highest BCUT2D eigenvalue weighted by Crippen LogP contribution is 2.06. The van der Waals surface area contributed by atoms with Crippen LogP contribution in [0.25, 0.3) is 0 Å². The molecule has 0 aliphatic rings. The van der Waals surface area contributed by atoms with Gasteiger partial charge in [0.25, 0.3) is 5.91 Å². The third-order valence-corrected chi connectivity index (χ3v) is 2.47. The number of amides is 1. The minimum Gasteiger partial charge on any atom is -0.478 e. The number of carboxylic acid groups (broad SMARTS) is 1. The number of carboxylic acids is 1. The molecule has 1 amide bonds. The zero-order valence-corrected chi connectivity index (χ0v) is 10.1. The van der Waals surface area contributed by atoms with Gasteiger partial charge in [0.05, 0.1) is 5.56 Å². The van der Waals surface area contributed by atoms with E-state index in [-0.39, 0.29) is 17.5 Å². The third-order valence-electron chi connectivity index (χ3n) is 2.47. The van der Waals surface area contributed by atoms with Crippen molar-refractivity contribution >= 4 is 11.9 Å². The standard InChI is InChI=1S/C13H17NO3/c1-3-5-9(2)14-12(15)10-6-4-7-11(8-10)13(16)17/h4,6-9H,3,5H2,1-2H3,(H,14,15)(H,16,17). The van der Waals surface area contributed by atoms with Crippen LogP contribution in [0.15, 0.2) is 24.3 Å². The largest absolute Gasteiger partial charge is 0.478 e. The Morgan fingerprint density at radius 2 is 2.00 bits per heavy atom. The Hall–Kier alpha value is -1.84. The number of carbonyl (C=O) groups is 2. The molecule has 1 atom stereocenters. The molecule has 0 aromatic heterocycles. The highest BCUT2D eigenvalue weighted by Gasteiger charge is 2.11. The Bertz CT molecular complexity index is 415. The minimum absolute atomic E-state index is 0.0981. The van der Waals surface area contributed by atoms with Gasteiger partial charge in [-0.05, 0) is 31.5 Å². The average Bonchev–Trinajstić information content (AvgIpc) is 2.29. The molecular weight excluding hydrogens is 218 g/mol. The maximum atomic E-state index is 11.8. The van der Waals surface area contributed by atoms with Crippen LogP contribution in [0.4, 0.5) is 0 Å². The zero-order valence-electron chi connectivity index (χ0n) is 10.1. The van der Waals surface area contributed by atoms with Gasteiger partial charge in [0, 0.05) is 11.6 Å². The van der Waals surface area contributed by atoms with Crippen LogP contribution in [0, 0.1) is 0 Å². The number of hydrogen-bond donors (Lipinski definition) is 2. The molecule has 0 saturated heterocycles. The van der Waals surface area contributed by atoms with Crippen molar-refractivity contribution < 1.29 is 14.7 Å². The van der Waals surface area contributed by atoms with E-state index < -0.39 is 5.97 Å². The van der Waals surface area contributed by atoms with E-state index in [2.05, 4.69) is 5.32 Å². The van der Waals surface area contributed by atoms with Crippen LogP contribution in [0.1, 0.15) is 47.4 Å². The highest BCUT2D eigenvalue weighted by molar-refractivity contribution is 5.97. The fraction of sp³-hybridized carbons (Fsp3) is 0.385. The van der Waals surface area contributed by atoms with Crippen LogP contribution in [0.5, 0.6) is 0 Å². The lowest BCUT2D eigenvalue weighted by molar-refractivity contribution is 0.0697. The first-order chi connectivity index (χ1) is 8.04. The molecular formula is C13H17NO3. The molecule has 4 nitrogen and oxygen atoms in total. The molecule has 17 heavy (non-hydrogen) atoms. The number of nitrogens with one attached hydrogen (secondary N) is 1. The molecule has 0 heterocycles. The molecule has 4 heteroatoms. The molecule has 1 aromatic carbocycles. The number of benzene rings is 1. The topological polar surface area (TPSA) is 66.4 Å². The van der Waals surface area contributed by atoms with Gasteiger partial charge in [-0.25, -0.2) is 4.79 Å². The van der Waals surface area contributed by atoms with E-state index in [0.717, 1.165) is 12.8 Å². The second-order valence-electron chi connectivity index (χ2n) is 4.05. The first-order valence-corrected chi connectivity index (χ1v) is 5.68. The van der Waals surface area contributed by atoms with Crippen molar-refractivity contribution in [3.05, 3.63) is 35.4 Å². The minimum atomic E-state index is -1.03. The molecule has 1 unspecified atom stereocenters. The molecule has 0 fully saturated rings. The molecule has 0 aliphatic heterocycles. The summed E-state index contributed by atoms with van der Waals surface area (Å²) in [5.74, 6) is -1.25. The second kappa shape index (κ2) is 6.03. The van der Waals surface area contributed by atoms with E-state index in [0.29, 0.717) is 5.56 Å². The van der Waals surface area contributed by atoms with E-state index in [1.807, 2.05) is 13.8 Å². The maximum Gasteiger partial charge on any atom is 0.335 e. The lowest BCUT2D eigenvalue weighted by Crippen LogP contribution is -2.32. The van der Waals surface area contributed by atoms with Crippen molar-refractivity contribution in [1.82, 2.24) is 5.32 Å². The van der Waals surface area contributed by atoms with Crippen LogP contribution in [0.3, 0.4) is 0 Å². The normalized spacial score (nSPS) is 11.9. The van der Waals surface area contributed by atoms with Gasteiger partial charge in [0.15, 0.2) is 0 Å². The van der Waals surface area contributed by atoms with Gasteiger partial charge in [-0.2, -0.15) is 0 Å². The summed E-state index contributed by atoms with van der Waals surface area (Å²) in [5, 5.41) is 11.7. The number of carbonyl (C=O) groups excluding carboxylic acids is 1. The lowest BCUT2D eigenvalue weighted by atomic mass is 10.1. The first-order valence-electron chi connectivity index (χ1n) is 5.68. The monoisotopic (exact) mass is 235 g/mol. The summed E-state index contributed by atoms with van der Waals surface area (Å²) in [5.41, 5.74) is 0.508. The predicted molar refractivity (Wildman–Crippen MR) is 65.2 cm³/mol. The van der Waals surface area contributed by atoms with Crippen LogP contribution in [-0.4, -0.2) is 23.0 Å². The summed E-state index contributed by atoms with van der Waals surface area (Å²) in [4.78, 5) is 22.6. The molecule has 1 aromatic rings. The number of hydrogen-bond acceptors (Lipinski definition) is 2. The molecule has 0 spiro atoms. The Balaban J connectivity index is 2.75. The van der Waals surface area contributed by atoms with Crippen LogP contribution in [-0.2, 0) is 0 Å². The van der Waals surface area contributed by atoms with Crippen LogP contribution in [0.2, 0.25) is 0 Å². The van der Waals surface area contributed by atoms with Gasteiger partial charge >= 0.3 is 5.97 Å². The van der Waals surface area contributed by atoms with Crippen LogP contribution < -0.4 is 5.32 Å². The smallest absolute Gasteiger partial charge is 0.335 e. The molecule has 2 N–H and O–H groups in total. The first kappa shape index (κ1) is 13.2. The number of aromatic carboxylic acids is 1. The van der Waals surface area contributed by atoms with Gasteiger partial charge in [-0.15, -0.1) is 0 Å². The van der Waals surface area contributed by atoms with E-state index in [1.54, 1.807) is 12.1 Å². The fourth-order valence-electron chi connectivity index (χ4n) is 1.61. The molecule has 0 bridgehead atoms. The number of rotatable bonds is 5. The van der Waals surface area contributed by atoms with Crippen molar-refractivity contribution in [2.45, 2.75) is 32.7 Å². The summed E-state index contributed by atoms with van der Waals surface area (Å²) in [6.45, 7) is 3.98. The molecule has 92 valence electrons. The van der Waals surface area contributed by atoms with Crippen molar-refractivity contribution in [1.29, 1.82) is 0 Å². The van der Waals surface area contributed by atoms with Gasteiger partial charge < -0.3 is 10.4 Å². The summed E-state index contributed by atoms with van der Waals surface area (Å²) >= 11 is 0. The Morgan fingerprint density at radius 1 is 1.35 bits per heavy atom. The molecule has 0 aliphatic carbocycles. The highest BCUT2D eigenvalue weighted by atomic mass is 16.4. The maximum absolute atomic E-state index is 11.8. The van der Waals surface area contributed by atoms with Crippen molar-refractivity contribution in [2.75, 3.05) is 0 Å². The van der Waals surface area contributed by atoms with Gasteiger partial charge in [-0.1, -0.05) is 19.4 Å². The zero-order chi connectivity index (χ0) is 12.8. The molecule has 1 rings (SSSR count). The summed E-state index contributed by atoms with van der Waals surface area (Å²) < 4.78 is 0. The molecule has 0 radical (unpaired) electrons. The quantitative estimate of drug-likeness (QED) is 0.823. The summed E-state index contributed by atoms with van der Waals surface area (Å²) in [7, 11) is 0. The Morgan fingerprint density at radius 3 is 2.59 bits per heavy atom. The van der Waals surface area contributed by atoms with Gasteiger partial charge in [-0.3, -0.25) is 4.79 Å². The predicted octanol–water partition coefficient (Wildman–Crippen LogP) is 2.30. The Labute approximate surface area is 101 Å². The SMILES string of the molecule is CCCC(C)NC(=O)c1cccc(C(=O)O)c1. The summed E-state index contributed by atoms with van der Waals surface area (Å²) in [6.07, 6.45) is 1.90.